The van der Waals surface area contributed by atoms with Crippen molar-refractivity contribution in [2.75, 3.05) is 51.8 Å². The molecule has 27 heavy (non-hydrogen) atoms. The largest absolute Gasteiger partial charge is 0.375 e. The summed E-state index contributed by atoms with van der Waals surface area (Å²) in [5.74, 6) is 1.59. The first-order valence-corrected chi connectivity index (χ1v) is 9.03. The number of rotatable bonds is 6. The van der Waals surface area contributed by atoms with E-state index >= 15 is 0 Å². The van der Waals surface area contributed by atoms with E-state index in [1.54, 1.807) is 19.0 Å². The number of nitrogens with one attached hydrogen (secondary N) is 2. The van der Waals surface area contributed by atoms with Crippen LogP contribution in [0.15, 0.2) is 23.3 Å². The van der Waals surface area contributed by atoms with Gasteiger partial charge in [0.25, 0.3) is 0 Å². The smallest absolute Gasteiger partial charge is 0.241 e. The quantitative estimate of drug-likeness (QED) is 0.353. The summed E-state index contributed by atoms with van der Waals surface area (Å²) in [5.41, 5.74) is 1.02. The van der Waals surface area contributed by atoms with Crippen LogP contribution in [0.3, 0.4) is 0 Å². The summed E-state index contributed by atoms with van der Waals surface area (Å²) in [6.07, 6.45) is 2.08. The lowest BCUT2D eigenvalue weighted by atomic mass is 10.2. The number of nitrogens with zero attached hydrogens (tertiary/aromatic N) is 4. The lowest BCUT2D eigenvalue weighted by Crippen LogP contribution is -2.42. The lowest BCUT2D eigenvalue weighted by molar-refractivity contribution is -0.127. The molecule has 9 heteroatoms. The van der Waals surface area contributed by atoms with Crippen LogP contribution in [-0.4, -0.2) is 74.7 Å². The average molecular weight is 490 g/mol. The van der Waals surface area contributed by atoms with Crippen LogP contribution in [-0.2, 0) is 16.1 Å². The Balaban J connectivity index is 0.00000364. The Kier molecular flexibility index (Phi) is 10.4. The summed E-state index contributed by atoms with van der Waals surface area (Å²) in [4.78, 5) is 24.6. The van der Waals surface area contributed by atoms with Gasteiger partial charge in [-0.3, -0.25) is 4.79 Å². The Bertz CT molecular complexity index is 608. The number of guanidine groups is 1. The number of aromatic nitrogens is 1. The number of ether oxygens (including phenoxy) is 1. The van der Waals surface area contributed by atoms with E-state index in [9.17, 15) is 4.79 Å². The third-order valence-corrected chi connectivity index (χ3v) is 4.04. The maximum atomic E-state index is 11.7. The highest BCUT2D eigenvalue weighted by Gasteiger charge is 2.17. The van der Waals surface area contributed by atoms with Crippen LogP contribution in [0.2, 0.25) is 0 Å². The summed E-state index contributed by atoms with van der Waals surface area (Å²) in [7, 11) is 3.47. The molecule has 0 aliphatic carbocycles. The number of hydrogen-bond acceptors (Lipinski definition) is 5. The van der Waals surface area contributed by atoms with Gasteiger partial charge in [0, 0.05) is 39.9 Å². The van der Waals surface area contributed by atoms with Crippen LogP contribution < -0.4 is 15.5 Å². The number of halogens is 1. The van der Waals surface area contributed by atoms with E-state index in [1.165, 1.54) is 0 Å². The molecule has 0 bridgehead atoms. The fraction of sp³-hybridized carbons (Fsp3) is 0.611. The van der Waals surface area contributed by atoms with Gasteiger partial charge in [-0.05, 0) is 25.5 Å². The van der Waals surface area contributed by atoms with Crippen LogP contribution >= 0.6 is 24.0 Å². The molecule has 2 rings (SSSR count). The van der Waals surface area contributed by atoms with E-state index < -0.39 is 0 Å². The van der Waals surface area contributed by atoms with Crippen molar-refractivity contribution in [1.82, 2.24) is 20.5 Å². The zero-order valence-electron chi connectivity index (χ0n) is 16.6. The molecule has 8 nitrogen and oxygen atoms in total. The maximum Gasteiger partial charge on any atom is 0.241 e. The number of carbonyl (C=O) groups is 1. The van der Waals surface area contributed by atoms with Gasteiger partial charge < -0.3 is 25.2 Å². The Morgan fingerprint density at radius 1 is 1.41 bits per heavy atom. The van der Waals surface area contributed by atoms with Gasteiger partial charge in [-0.25, -0.2) is 9.98 Å². The Morgan fingerprint density at radius 2 is 2.19 bits per heavy atom. The van der Waals surface area contributed by atoms with Crippen LogP contribution in [0.5, 0.6) is 0 Å². The minimum absolute atomic E-state index is 0. The highest BCUT2D eigenvalue weighted by Crippen LogP contribution is 2.15. The zero-order valence-corrected chi connectivity index (χ0v) is 18.9. The third kappa shape index (κ3) is 7.87. The number of anilines is 1. The predicted octanol–water partition coefficient (Wildman–Crippen LogP) is 1.07. The zero-order chi connectivity index (χ0) is 18.9. The van der Waals surface area contributed by atoms with E-state index in [4.69, 9.17) is 4.74 Å². The van der Waals surface area contributed by atoms with E-state index in [0.29, 0.717) is 12.5 Å². The fourth-order valence-corrected chi connectivity index (χ4v) is 2.55. The first kappa shape index (κ1) is 23.4. The lowest BCUT2D eigenvalue weighted by Gasteiger charge is -2.32. The first-order chi connectivity index (χ1) is 12.5. The van der Waals surface area contributed by atoms with Crippen molar-refractivity contribution in [1.29, 1.82) is 0 Å². The molecule has 0 radical (unpaired) electrons. The van der Waals surface area contributed by atoms with E-state index in [1.807, 2.05) is 25.3 Å². The number of hydrogen-bond donors (Lipinski definition) is 2. The minimum atomic E-state index is 0. The van der Waals surface area contributed by atoms with E-state index in [2.05, 4.69) is 32.4 Å². The molecule has 0 saturated carbocycles. The molecule has 0 spiro atoms. The van der Waals surface area contributed by atoms with E-state index in [-0.39, 0.29) is 42.5 Å². The number of amides is 1. The second kappa shape index (κ2) is 12.0. The molecule has 2 heterocycles. The van der Waals surface area contributed by atoms with Crippen molar-refractivity contribution in [2.24, 2.45) is 4.99 Å². The first-order valence-electron chi connectivity index (χ1n) is 9.03. The Labute approximate surface area is 178 Å². The highest BCUT2D eigenvalue weighted by molar-refractivity contribution is 14.0. The highest BCUT2D eigenvalue weighted by atomic mass is 127. The molecule has 152 valence electrons. The van der Waals surface area contributed by atoms with E-state index in [0.717, 1.165) is 37.6 Å². The van der Waals surface area contributed by atoms with Crippen LogP contribution in [0.4, 0.5) is 5.82 Å². The van der Waals surface area contributed by atoms with Gasteiger partial charge in [-0.15, -0.1) is 24.0 Å². The van der Waals surface area contributed by atoms with Gasteiger partial charge in [-0.1, -0.05) is 6.07 Å². The number of pyridine rings is 1. The van der Waals surface area contributed by atoms with Crippen LogP contribution in [0.1, 0.15) is 19.4 Å². The average Bonchev–Trinajstić information content (AvgIpc) is 2.64. The second-order valence-corrected chi connectivity index (χ2v) is 6.49. The Morgan fingerprint density at radius 3 is 2.78 bits per heavy atom. The second-order valence-electron chi connectivity index (χ2n) is 6.49. The molecule has 1 aromatic heterocycles. The molecular weight excluding hydrogens is 459 g/mol. The maximum absolute atomic E-state index is 11.7. The molecule has 1 fully saturated rings. The summed E-state index contributed by atoms with van der Waals surface area (Å²) < 4.78 is 5.57. The fourth-order valence-electron chi connectivity index (χ4n) is 2.55. The summed E-state index contributed by atoms with van der Waals surface area (Å²) in [5, 5.41) is 6.19. The molecule has 1 aliphatic rings. The van der Waals surface area contributed by atoms with Crippen LogP contribution in [0.25, 0.3) is 0 Å². The minimum Gasteiger partial charge on any atom is -0.375 e. The van der Waals surface area contributed by atoms with Crippen molar-refractivity contribution in [3.63, 3.8) is 0 Å². The summed E-state index contributed by atoms with van der Waals surface area (Å²) in [6.45, 7) is 7.97. The molecule has 1 aromatic rings. The van der Waals surface area contributed by atoms with Crippen molar-refractivity contribution < 1.29 is 9.53 Å². The summed E-state index contributed by atoms with van der Waals surface area (Å²) in [6, 6.07) is 4.07. The van der Waals surface area contributed by atoms with Gasteiger partial charge in [0.1, 0.15) is 5.82 Å². The predicted molar refractivity (Wildman–Crippen MR) is 119 cm³/mol. The molecule has 1 aliphatic heterocycles. The molecule has 1 unspecified atom stereocenters. The normalized spacial score (nSPS) is 17.1. The third-order valence-electron chi connectivity index (χ3n) is 4.04. The molecule has 1 amide bonds. The number of carbonyl (C=O) groups excluding carboxylic acids is 1. The molecular formula is C18H31IN6O2. The number of likely N-dealkylation sites (N-methyl/N-ethyl adjacent to an activating group) is 1. The SMILES string of the molecule is CCNC(=NCc1ccc(N2CCOC(C)C2)nc1)NCC(=O)N(C)C.I. The van der Waals surface area contributed by atoms with Gasteiger partial charge >= 0.3 is 0 Å². The standard InChI is InChI=1S/C18H30N6O2.HI/c1-5-19-18(22-12-17(25)23(3)4)21-11-15-6-7-16(20-10-15)24-8-9-26-14(2)13-24;/h6-7,10,14H,5,8-9,11-13H2,1-4H3,(H2,19,21,22);1H. The molecule has 1 saturated heterocycles. The molecule has 1 atom stereocenters. The topological polar surface area (TPSA) is 82.1 Å². The van der Waals surface area contributed by atoms with Crippen molar-refractivity contribution in [3.05, 3.63) is 23.9 Å². The van der Waals surface area contributed by atoms with Crippen molar-refractivity contribution in [2.45, 2.75) is 26.5 Å². The number of aliphatic imine (C=N–C) groups is 1. The van der Waals surface area contributed by atoms with Gasteiger partial charge in [0.2, 0.25) is 5.91 Å². The molecule has 0 aromatic carbocycles. The van der Waals surface area contributed by atoms with Gasteiger partial charge in [-0.2, -0.15) is 0 Å². The molecule has 2 N–H and O–H groups in total. The van der Waals surface area contributed by atoms with Gasteiger partial charge in [0.05, 0.1) is 25.8 Å². The monoisotopic (exact) mass is 490 g/mol. The van der Waals surface area contributed by atoms with Crippen molar-refractivity contribution >= 4 is 41.7 Å². The number of morpholine rings is 1. The van der Waals surface area contributed by atoms with Crippen molar-refractivity contribution in [3.8, 4) is 0 Å². The Hall–Kier alpha value is -1.62. The van der Waals surface area contributed by atoms with Crippen LogP contribution in [0, 0.1) is 0 Å². The van der Waals surface area contributed by atoms with Gasteiger partial charge in [0.15, 0.2) is 5.96 Å². The summed E-state index contributed by atoms with van der Waals surface area (Å²) >= 11 is 0.